The molecule has 0 aliphatic carbocycles. The van der Waals surface area contributed by atoms with E-state index in [1.165, 1.54) is 17.3 Å². The summed E-state index contributed by atoms with van der Waals surface area (Å²) >= 11 is 6.73. The van der Waals surface area contributed by atoms with Crippen LogP contribution in [0.4, 0.5) is 5.69 Å². The van der Waals surface area contributed by atoms with Crippen molar-refractivity contribution in [3.05, 3.63) is 100 Å². The Bertz CT molecular complexity index is 1060. The molecule has 5 heteroatoms. The summed E-state index contributed by atoms with van der Waals surface area (Å²) in [4.78, 5) is 15.0. The normalized spacial score (nSPS) is 15.2. The molecule has 3 aromatic carbocycles. The second-order valence-electron chi connectivity index (χ2n) is 6.70. The van der Waals surface area contributed by atoms with E-state index in [4.69, 9.17) is 17.0 Å². The van der Waals surface area contributed by atoms with Gasteiger partial charge in [0.05, 0.1) is 10.6 Å². The van der Waals surface area contributed by atoms with Gasteiger partial charge >= 0.3 is 0 Å². The Labute approximate surface area is 180 Å². The Morgan fingerprint density at radius 1 is 0.966 bits per heavy atom. The van der Waals surface area contributed by atoms with Crippen LogP contribution in [-0.4, -0.2) is 10.2 Å². The number of anilines is 1. The van der Waals surface area contributed by atoms with Gasteiger partial charge in [-0.05, 0) is 48.4 Å². The largest absolute Gasteiger partial charge is 0.489 e. The molecular formula is C24H19NO2S2. The number of rotatable bonds is 5. The quantitative estimate of drug-likeness (QED) is 0.377. The van der Waals surface area contributed by atoms with Crippen LogP contribution in [0.3, 0.4) is 0 Å². The summed E-state index contributed by atoms with van der Waals surface area (Å²) in [5.41, 5.74) is 4.08. The molecular weight excluding hydrogens is 398 g/mol. The smallest absolute Gasteiger partial charge is 0.270 e. The van der Waals surface area contributed by atoms with Crippen molar-refractivity contribution in [1.29, 1.82) is 0 Å². The van der Waals surface area contributed by atoms with E-state index in [1.54, 1.807) is 4.90 Å². The molecule has 0 N–H and O–H groups in total. The van der Waals surface area contributed by atoms with Gasteiger partial charge in [0, 0.05) is 0 Å². The molecule has 0 saturated carbocycles. The summed E-state index contributed by atoms with van der Waals surface area (Å²) in [5, 5.41) is 0. The lowest BCUT2D eigenvalue weighted by Crippen LogP contribution is -2.27. The number of hydrogen-bond acceptors (Lipinski definition) is 4. The fourth-order valence-corrected chi connectivity index (χ4v) is 4.23. The highest BCUT2D eigenvalue weighted by molar-refractivity contribution is 8.27. The summed E-state index contributed by atoms with van der Waals surface area (Å²) in [5.74, 6) is 0.699. The number of benzene rings is 3. The molecule has 1 aliphatic heterocycles. The molecule has 0 radical (unpaired) electrons. The van der Waals surface area contributed by atoms with Crippen LogP contribution >= 0.6 is 24.0 Å². The number of aryl methyl sites for hydroxylation is 1. The average Bonchev–Trinajstić information content (AvgIpc) is 3.02. The number of thioether (sulfide) groups is 1. The van der Waals surface area contributed by atoms with Gasteiger partial charge in [-0.15, -0.1) is 0 Å². The van der Waals surface area contributed by atoms with Gasteiger partial charge in [-0.25, -0.2) is 0 Å². The van der Waals surface area contributed by atoms with E-state index in [-0.39, 0.29) is 5.91 Å². The van der Waals surface area contributed by atoms with E-state index < -0.39 is 0 Å². The van der Waals surface area contributed by atoms with Crippen LogP contribution in [0.2, 0.25) is 0 Å². The monoisotopic (exact) mass is 417 g/mol. The van der Waals surface area contributed by atoms with Gasteiger partial charge in [0.2, 0.25) is 0 Å². The third-order valence-electron chi connectivity index (χ3n) is 4.51. The third-order valence-corrected chi connectivity index (χ3v) is 5.81. The maximum atomic E-state index is 12.8. The van der Waals surface area contributed by atoms with E-state index in [1.807, 2.05) is 60.7 Å². The molecule has 0 aromatic heterocycles. The van der Waals surface area contributed by atoms with Crippen LogP contribution in [0.25, 0.3) is 6.08 Å². The van der Waals surface area contributed by atoms with Crippen molar-refractivity contribution in [3.8, 4) is 5.75 Å². The SMILES string of the molecule is Cc1ccc(COc2ccc(/C=C3\SC(=S)N(c4ccccc4)C3=O)cc2)cc1. The number of thiocarbonyl (C=S) groups is 1. The Balaban J connectivity index is 1.44. The number of carbonyl (C=O) groups excluding carboxylic acids is 1. The fraction of sp³-hybridized carbons (Fsp3) is 0.0833. The highest BCUT2D eigenvalue weighted by Crippen LogP contribution is 2.36. The third kappa shape index (κ3) is 4.58. The van der Waals surface area contributed by atoms with Gasteiger partial charge in [0.1, 0.15) is 12.4 Å². The molecule has 4 rings (SSSR count). The highest BCUT2D eigenvalue weighted by Gasteiger charge is 2.33. The Kier molecular flexibility index (Phi) is 5.79. The topological polar surface area (TPSA) is 29.5 Å². The van der Waals surface area contributed by atoms with Crippen LogP contribution in [0.15, 0.2) is 83.8 Å². The van der Waals surface area contributed by atoms with E-state index >= 15 is 0 Å². The summed E-state index contributed by atoms with van der Waals surface area (Å²) < 4.78 is 6.39. The lowest BCUT2D eigenvalue weighted by atomic mass is 10.1. The first-order chi connectivity index (χ1) is 14.1. The van der Waals surface area contributed by atoms with Crippen molar-refractivity contribution in [1.82, 2.24) is 0 Å². The molecule has 3 nitrogen and oxygen atoms in total. The van der Waals surface area contributed by atoms with Crippen LogP contribution < -0.4 is 9.64 Å². The molecule has 3 aromatic rings. The predicted molar refractivity (Wildman–Crippen MR) is 124 cm³/mol. The second-order valence-corrected chi connectivity index (χ2v) is 8.37. The van der Waals surface area contributed by atoms with Crippen LogP contribution in [-0.2, 0) is 11.4 Å². The lowest BCUT2D eigenvalue weighted by molar-refractivity contribution is -0.113. The molecule has 1 heterocycles. The molecule has 29 heavy (non-hydrogen) atoms. The van der Waals surface area contributed by atoms with Crippen molar-refractivity contribution in [3.63, 3.8) is 0 Å². The van der Waals surface area contributed by atoms with Crippen molar-refractivity contribution >= 4 is 46.0 Å². The van der Waals surface area contributed by atoms with Gasteiger partial charge < -0.3 is 4.74 Å². The number of hydrogen-bond donors (Lipinski definition) is 0. The number of carbonyl (C=O) groups is 1. The highest BCUT2D eigenvalue weighted by atomic mass is 32.2. The number of amides is 1. The van der Waals surface area contributed by atoms with Crippen molar-refractivity contribution in [2.24, 2.45) is 0 Å². The van der Waals surface area contributed by atoms with Crippen LogP contribution in [0.1, 0.15) is 16.7 Å². The minimum atomic E-state index is -0.0918. The van der Waals surface area contributed by atoms with Crippen molar-refractivity contribution in [2.45, 2.75) is 13.5 Å². The first-order valence-electron chi connectivity index (χ1n) is 9.21. The maximum Gasteiger partial charge on any atom is 0.270 e. The standard InChI is InChI=1S/C24H19NO2S2/c1-17-7-9-19(10-8-17)16-27-21-13-11-18(12-14-21)15-22-23(26)25(24(28)29-22)20-5-3-2-4-6-20/h2-15H,16H2,1H3/b22-15-. The number of ether oxygens (including phenoxy) is 1. The lowest BCUT2D eigenvalue weighted by Gasteiger charge is -2.13. The summed E-state index contributed by atoms with van der Waals surface area (Å²) in [6, 6.07) is 25.5. The van der Waals surface area contributed by atoms with E-state index in [0.717, 1.165) is 22.6 Å². The second kappa shape index (κ2) is 8.64. The zero-order valence-electron chi connectivity index (χ0n) is 15.9. The first-order valence-corrected chi connectivity index (χ1v) is 10.4. The summed E-state index contributed by atoms with van der Waals surface area (Å²) in [6.45, 7) is 2.59. The summed E-state index contributed by atoms with van der Waals surface area (Å²) in [6.07, 6.45) is 1.87. The fourth-order valence-electron chi connectivity index (χ4n) is 2.93. The van der Waals surface area contributed by atoms with Crippen LogP contribution in [0.5, 0.6) is 5.75 Å². The van der Waals surface area contributed by atoms with Crippen LogP contribution in [0, 0.1) is 6.92 Å². The van der Waals surface area contributed by atoms with E-state index in [0.29, 0.717) is 15.8 Å². The number of nitrogens with zero attached hydrogens (tertiary/aromatic N) is 1. The minimum Gasteiger partial charge on any atom is -0.489 e. The Hall–Kier alpha value is -2.89. The van der Waals surface area contributed by atoms with E-state index in [9.17, 15) is 4.79 Å². The molecule has 1 amide bonds. The molecule has 0 atom stereocenters. The zero-order valence-corrected chi connectivity index (χ0v) is 17.5. The molecule has 144 valence electrons. The van der Waals surface area contributed by atoms with Crippen molar-refractivity contribution in [2.75, 3.05) is 4.90 Å². The van der Waals surface area contributed by atoms with Gasteiger partial charge in [0.15, 0.2) is 4.32 Å². The minimum absolute atomic E-state index is 0.0918. The average molecular weight is 418 g/mol. The van der Waals surface area contributed by atoms with Gasteiger partial charge in [-0.3, -0.25) is 9.69 Å². The van der Waals surface area contributed by atoms with Crippen molar-refractivity contribution < 1.29 is 9.53 Å². The molecule has 1 aliphatic rings. The molecule has 0 spiro atoms. The predicted octanol–water partition coefficient (Wildman–Crippen LogP) is 5.98. The summed E-state index contributed by atoms with van der Waals surface area (Å²) in [7, 11) is 0. The Morgan fingerprint density at radius 3 is 2.34 bits per heavy atom. The molecule has 1 fully saturated rings. The van der Waals surface area contributed by atoms with Gasteiger partial charge in [-0.1, -0.05) is 84.1 Å². The Morgan fingerprint density at radius 2 is 1.66 bits per heavy atom. The number of para-hydroxylation sites is 1. The molecule has 0 unspecified atom stereocenters. The molecule has 1 saturated heterocycles. The van der Waals surface area contributed by atoms with Gasteiger partial charge in [0.25, 0.3) is 5.91 Å². The maximum absolute atomic E-state index is 12.8. The van der Waals surface area contributed by atoms with E-state index in [2.05, 4.69) is 31.2 Å². The zero-order chi connectivity index (χ0) is 20.2. The van der Waals surface area contributed by atoms with Gasteiger partial charge in [-0.2, -0.15) is 0 Å². The molecule has 0 bridgehead atoms. The first kappa shape index (κ1) is 19.4.